The van der Waals surface area contributed by atoms with Crippen LogP contribution in [0.2, 0.25) is 0 Å². The highest BCUT2D eigenvalue weighted by Gasteiger charge is 2.45. The van der Waals surface area contributed by atoms with Crippen molar-refractivity contribution in [3.63, 3.8) is 0 Å². The van der Waals surface area contributed by atoms with E-state index in [2.05, 4.69) is 84.6 Å². The normalized spacial score (nSPS) is 18.5. The van der Waals surface area contributed by atoms with Crippen molar-refractivity contribution in [2.45, 2.75) is 12.3 Å². The Bertz CT molecular complexity index is 1370. The standard InChI is InChI=1S/C27H21IN2O2/c31-15-5-14-29-18-7-1-9-20-24(18)27-25-19(29)8-2-11-22(25)32-23-12-3-10-21(26(23)27)30(20)17-6-4-13-28-16-17/h1-4,6-13,16,27,31H,5,14-15H2. The van der Waals surface area contributed by atoms with Crippen molar-refractivity contribution in [3.05, 3.63) is 93.2 Å². The van der Waals surface area contributed by atoms with E-state index >= 15 is 0 Å². The molecule has 4 aliphatic rings. The minimum Gasteiger partial charge on any atom is -0.457 e. The number of allylic oxidation sites excluding steroid dienone is 3. The van der Waals surface area contributed by atoms with Crippen LogP contribution in [0.15, 0.2) is 76.5 Å². The van der Waals surface area contributed by atoms with Gasteiger partial charge in [0.1, 0.15) is 11.5 Å². The van der Waals surface area contributed by atoms with Crippen molar-refractivity contribution in [2.75, 3.05) is 23.0 Å². The highest BCUT2D eigenvalue weighted by molar-refractivity contribution is 14.2. The van der Waals surface area contributed by atoms with Crippen LogP contribution in [0.4, 0.5) is 22.7 Å². The highest BCUT2D eigenvalue weighted by Crippen LogP contribution is 2.63. The third-order valence-electron chi connectivity index (χ3n) is 6.68. The molecule has 3 aromatic rings. The first kappa shape index (κ1) is 18.7. The lowest BCUT2D eigenvalue weighted by molar-refractivity contribution is 0.290. The number of aliphatic hydroxyl groups is 1. The first-order valence-corrected chi connectivity index (χ1v) is 13.4. The summed E-state index contributed by atoms with van der Waals surface area (Å²) in [5.74, 6) is 2.05. The Labute approximate surface area is 196 Å². The minimum atomic E-state index is -0.0835. The molecule has 0 aliphatic carbocycles. The predicted octanol–water partition coefficient (Wildman–Crippen LogP) is 6.44. The van der Waals surface area contributed by atoms with Crippen LogP contribution in [0.25, 0.3) is 0 Å². The molecule has 0 spiro atoms. The molecule has 1 atom stereocenters. The van der Waals surface area contributed by atoms with E-state index in [0.29, 0.717) is 0 Å². The summed E-state index contributed by atoms with van der Waals surface area (Å²) in [5.41, 5.74) is 9.98. The maximum Gasteiger partial charge on any atom is 0.133 e. The number of ether oxygens (including phenoxy) is 1. The first-order valence-electron chi connectivity index (χ1n) is 10.9. The predicted molar refractivity (Wildman–Crippen MR) is 138 cm³/mol. The summed E-state index contributed by atoms with van der Waals surface area (Å²) in [7, 11) is 0. The summed E-state index contributed by atoms with van der Waals surface area (Å²) < 4.78 is 11.2. The SMILES string of the molecule is OCCCN1c2cccc3c2C2c4c(cccc4N(C4=CC=CI=C4)c4cccc1c42)O3. The lowest BCUT2D eigenvalue weighted by atomic mass is 9.74. The molecule has 4 aliphatic heterocycles. The molecule has 1 unspecified atom stereocenters. The van der Waals surface area contributed by atoms with Gasteiger partial charge in [-0.1, -0.05) is 45.0 Å². The molecule has 0 saturated carbocycles. The number of hydrogen-bond donors (Lipinski definition) is 1. The zero-order valence-electron chi connectivity index (χ0n) is 17.3. The molecule has 0 fully saturated rings. The second kappa shape index (κ2) is 7.05. The van der Waals surface area contributed by atoms with Crippen LogP contribution in [0.3, 0.4) is 0 Å². The number of anilines is 4. The van der Waals surface area contributed by atoms with Gasteiger partial charge in [-0.3, -0.25) is 0 Å². The zero-order valence-corrected chi connectivity index (χ0v) is 19.5. The van der Waals surface area contributed by atoms with Gasteiger partial charge in [-0.05, 0) is 57.0 Å². The van der Waals surface area contributed by atoms with Crippen LogP contribution in [0, 0.1) is 0 Å². The number of rotatable bonds is 4. The third kappa shape index (κ3) is 2.43. The summed E-state index contributed by atoms with van der Waals surface area (Å²) in [6.45, 7) is 0.949. The van der Waals surface area contributed by atoms with Crippen molar-refractivity contribution < 1.29 is 9.84 Å². The lowest BCUT2D eigenvalue weighted by Crippen LogP contribution is -2.34. The highest BCUT2D eigenvalue weighted by atomic mass is 127. The molecule has 4 nitrogen and oxygen atoms in total. The Morgan fingerprint density at radius 3 is 2.22 bits per heavy atom. The van der Waals surface area contributed by atoms with E-state index in [4.69, 9.17) is 4.74 Å². The molecular weight excluding hydrogens is 511 g/mol. The first-order chi connectivity index (χ1) is 15.9. The van der Waals surface area contributed by atoms with Crippen molar-refractivity contribution in [2.24, 2.45) is 0 Å². The smallest absolute Gasteiger partial charge is 0.133 e. The maximum absolute atomic E-state index is 9.59. The van der Waals surface area contributed by atoms with E-state index in [0.717, 1.165) is 24.5 Å². The van der Waals surface area contributed by atoms with Crippen molar-refractivity contribution in [1.82, 2.24) is 0 Å². The van der Waals surface area contributed by atoms with Crippen LogP contribution in [0.1, 0.15) is 29.0 Å². The number of hydrogen-bond acceptors (Lipinski definition) is 4. The lowest BCUT2D eigenvalue weighted by Gasteiger charge is -2.47. The number of aliphatic hydroxyl groups excluding tert-OH is 1. The molecule has 3 aromatic carbocycles. The van der Waals surface area contributed by atoms with Crippen LogP contribution in [-0.2, 0) is 0 Å². The molecule has 5 heteroatoms. The van der Waals surface area contributed by atoms with Crippen molar-refractivity contribution in [1.29, 1.82) is 0 Å². The van der Waals surface area contributed by atoms with E-state index in [1.54, 1.807) is 0 Å². The van der Waals surface area contributed by atoms with Gasteiger partial charge in [-0.2, -0.15) is 0 Å². The van der Waals surface area contributed by atoms with E-state index in [-0.39, 0.29) is 33.3 Å². The average molecular weight is 532 g/mol. The molecule has 1 N–H and O–H groups in total. The van der Waals surface area contributed by atoms with Crippen LogP contribution < -0.4 is 14.5 Å². The molecule has 7 rings (SSSR count). The van der Waals surface area contributed by atoms with E-state index < -0.39 is 0 Å². The summed E-state index contributed by atoms with van der Waals surface area (Å²) in [6, 6.07) is 19.5. The average Bonchev–Trinajstić information content (AvgIpc) is 2.84. The quantitative estimate of drug-likeness (QED) is 0.307. The fraction of sp³-hybridized carbons (Fsp3) is 0.148. The zero-order chi connectivity index (χ0) is 21.2. The summed E-state index contributed by atoms with van der Waals surface area (Å²) in [6.07, 6.45) is 5.13. The second-order valence-electron chi connectivity index (χ2n) is 8.33. The Balaban J connectivity index is 1.57. The Hall–Kier alpha value is -2.90. The van der Waals surface area contributed by atoms with Gasteiger partial charge in [-0.25, -0.2) is 0 Å². The van der Waals surface area contributed by atoms with Crippen LogP contribution in [0.5, 0.6) is 11.5 Å². The maximum atomic E-state index is 9.59. The van der Waals surface area contributed by atoms with Crippen LogP contribution >= 0.6 is 20.7 Å². The van der Waals surface area contributed by atoms with Gasteiger partial charge in [0, 0.05) is 47.1 Å². The topological polar surface area (TPSA) is 35.9 Å². The van der Waals surface area contributed by atoms with Crippen LogP contribution in [-0.4, -0.2) is 22.3 Å². The molecular formula is C27H21IN2O2. The van der Waals surface area contributed by atoms with Gasteiger partial charge in [-0.15, -0.1) is 0 Å². The van der Waals surface area contributed by atoms with Gasteiger partial charge in [0.2, 0.25) is 0 Å². The van der Waals surface area contributed by atoms with Gasteiger partial charge < -0.3 is 19.6 Å². The van der Waals surface area contributed by atoms with E-state index in [1.807, 2.05) is 0 Å². The summed E-state index contributed by atoms with van der Waals surface area (Å²) >= 11 is -0.0835. The molecule has 0 radical (unpaired) electrons. The van der Waals surface area contributed by atoms with Gasteiger partial charge in [0.25, 0.3) is 0 Å². The molecule has 158 valence electrons. The second-order valence-corrected chi connectivity index (χ2v) is 10.4. The summed E-state index contributed by atoms with van der Waals surface area (Å²) in [5, 5.41) is 9.59. The Morgan fingerprint density at radius 2 is 1.50 bits per heavy atom. The third-order valence-corrected chi connectivity index (χ3v) is 8.51. The van der Waals surface area contributed by atoms with Crippen molar-refractivity contribution in [3.8, 4) is 11.5 Å². The molecule has 0 aromatic heterocycles. The monoisotopic (exact) mass is 532 g/mol. The van der Waals surface area contributed by atoms with E-state index in [1.165, 1.54) is 45.1 Å². The largest absolute Gasteiger partial charge is 0.457 e. The van der Waals surface area contributed by atoms with Gasteiger partial charge in [0.15, 0.2) is 0 Å². The Morgan fingerprint density at radius 1 is 0.844 bits per heavy atom. The van der Waals surface area contributed by atoms with Gasteiger partial charge in [0.05, 0.1) is 17.1 Å². The molecule has 0 saturated heterocycles. The molecule has 0 amide bonds. The van der Waals surface area contributed by atoms with Gasteiger partial charge >= 0.3 is 0 Å². The number of halogens is 1. The Kier molecular flexibility index (Phi) is 4.11. The molecule has 32 heavy (non-hydrogen) atoms. The molecule has 4 heterocycles. The van der Waals surface area contributed by atoms with Crippen molar-refractivity contribution >= 4 is 47.5 Å². The summed E-state index contributed by atoms with van der Waals surface area (Å²) in [4.78, 5) is 4.79. The minimum absolute atomic E-state index is 0.0835. The fourth-order valence-corrected chi connectivity index (χ4v) is 7.03. The number of nitrogens with zero attached hydrogens (tertiary/aromatic N) is 2. The number of benzene rings is 3. The molecule has 0 bridgehead atoms. The fourth-order valence-electron chi connectivity index (χ4n) is 5.52. The van der Waals surface area contributed by atoms with E-state index in [9.17, 15) is 5.11 Å².